The average molecular weight is 265 g/mol. The third kappa shape index (κ3) is 7.59. The van der Waals surface area contributed by atoms with E-state index in [1.807, 2.05) is 25.1 Å². The first kappa shape index (κ1) is 15.7. The van der Waals surface area contributed by atoms with Crippen LogP contribution in [0.4, 0.5) is 0 Å². The summed E-state index contributed by atoms with van der Waals surface area (Å²) < 4.78 is 5.32. The van der Waals surface area contributed by atoms with Crippen LogP contribution in [0.2, 0.25) is 0 Å². The van der Waals surface area contributed by atoms with Gasteiger partial charge >= 0.3 is 5.97 Å². The number of aliphatic carboxylic acids is 1. The Morgan fingerprint density at radius 3 is 2.63 bits per heavy atom. The maximum atomic E-state index is 10.7. The van der Waals surface area contributed by atoms with E-state index >= 15 is 0 Å². The Morgan fingerprint density at radius 2 is 2.00 bits per heavy atom. The van der Waals surface area contributed by atoms with Crippen molar-refractivity contribution in [1.82, 2.24) is 4.90 Å². The zero-order valence-corrected chi connectivity index (χ0v) is 11.5. The second kappa shape index (κ2) is 9.53. The fourth-order valence-electron chi connectivity index (χ4n) is 1.90. The molecule has 0 bridgehead atoms. The predicted molar refractivity (Wildman–Crippen MR) is 75.1 cm³/mol. The highest BCUT2D eigenvalue weighted by Gasteiger charge is 2.08. The zero-order valence-electron chi connectivity index (χ0n) is 11.5. The Bertz CT molecular complexity index is 354. The molecule has 0 aliphatic carbocycles. The summed E-state index contributed by atoms with van der Waals surface area (Å²) in [4.78, 5) is 12.9. The molecule has 106 valence electrons. The highest BCUT2D eigenvalue weighted by molar-refractivity contribution is 5.66. The maximum absolute atomic E-state index is 10.7. The summed E-state index contributed by atoms with van der Waals surface area (Å²) in [6, 6.07) is 10.1. The van der Waals surface area contributed by atoms with Crippen molar-refractivity contribution in [2.45, 2.75) is 26.3 Å². The van der Waals surface area contributed by atoms with Gasteiger partial charge in [-0.3, -0.25) is 9.69 Å². The normalized spacial score (nSPS) is 10.8. The first-order valence-corrected chi connectivity index (χ1v) is 6.78. The molecule has 4 heteroatoms. The number of nitrogens with zero attached hydrogens (tertiary/aromatic N) is 1. The Kier molecular flexibility index (Phi) is 7.86. The highest BCUT2D eigenvalue weighted by Crippen LogP contribution is 2.06. The first-order chi connectivity index (χ1) is 9.22. The van der Waals surface area contributed by atoms with E-state index in [0.717, 1.165) is 32.7 Å². The standard InChI is InChI=1S/C15H23NO3/c1-2-19-12-6-10-16(11-9-15(17)18)13-14-7-4-3-5-8-14/h3-5,7-8H,2,6,9-13H2,1H3,(H,17,18). The van der Waals surface area contributed by atoms with E-state index in [9.17, 15) is 4.79 Å². The smallest absolute Gasteiger partial charge is 0.304 e. The Balaban J connectivity index is 2.41. The van der Waals surface area contributed by atoms with Gasteiger partial charge in [0.25, 0.3) is 0 Å². The van der Waals surface area contributed by atoms with Crippen LogP contribution in [0, 0.1) is 0 Å². The van der Waals surface area contributed by atoms with Gasteiger partial charge in [0.2, 0.25) is 0 Å². The number of carboxylic acid groups (broad SMARTS) is 1. The van der Waals surface area contributed by atoms with Gasteiger partial charge in [-0.2, -0.15) is 0 Å². The molecule has 1 rings (SSSR count). The Hall–Kier alpha value is -1.39. The maximum Gasteiger partial charge on any atom is 0.304 e. The average Bonchev–Trinajstić information content (AvgIpc) is 2.41. The van der Waals surface area contributed by atoms with Crippen molar-refractivity contribution in [3.63, 3.8) is 0 Å². The molecule has 0 unspecified atom stereocenters. The molecule has 0 saturated carbocycles. The molecule has 0 saturated heterocycles. The van der Waals surface area contributed by atoms with Gasteiger partial charge in [-0.1, -0.05) is 30.3 Å². The topological polar surface area (TPSA) is 49.8 Å². The molecule has 1 aromatic carbocycles. The molecule has 1 N–H and O–H groups in total. The highest BCUT2D eigenvalue weighted by atomic mass is 16.5. The van der Waals surface area contributed by atoms with Gasteiger partial charge in [-0.25, -0.2) is 0 Å². The van der Waals surface area contributed by atoms with Crippen LogP contribution >= 0.6 is 0 Å². The third-order valence-corrected chi connectivity index (χ3v) is 2.86. The van der Waals surface area contributed by atoms with Crippen LogP contribution in [0.1, 0.15) is 25.3 Å². The summed E-state index contributed by atoms with van der Waals surface area (Å²) in [6.07, 6.45) is 1.11. The summed E-state index contributed by atoms with van der Waals surface area (Å²) in [7, 11) is 0. The molecular weight excluding hydrogens is 242 g/mol. The van der Waals surface area contributed by atoms with Gasteiger partial charge in [0.05, 0.1) is 6.42 Å². The number of carbonyl (C=O) groups is 1. The van der Waals surface area contributed by atoms with Crippen LogP contribution in [-0.4, -0.2) is 42.3 Å². The van der Waals surface area contributed by atoms with E-state index in [0.29, 0.717) is 6.54 Å². The lowest BCUT2D eigenvalue weighted by atomic mass is 10.2. The number of hydrogen-bond acceptors (Lipinski definition) is 3. The molecule has 0 amide bonds. The van der Waals surface area contributed by atoms with Gasteiger partial charge in [0.1, 0.15) is 0 Å². The van der Waals surface area contributed by atoms with Gasteiger partial charge in [0.15, 0.2) is 0 Å². The lowest BCUT2D eigenvalue weighted by molar-refractivity contribution is -0.137. The summed E-state index contributed by atoms with van der Waals surface area (Å²) in [5.41, 5.74) is 1.21. The number of carboxylic acids is 1. The Morgan fingerprint density at radius 1 is 1.26 bits per heavy atom. The van der Waals surface area contributed by atoms with Crippen LogP contribution in [0.3, 0.4) is 0 Å². The second-order valence-electron chi connectivity index (χ2n) is 4.46. The van der Waals surface area contributed by atoms with Crippen LogP contribution in [0.15, 0.2) is 30.3 Å². The molecule has 0 aromatic heterocycles. The van der Waals surface area contributed by atoms with Gasteiger partial charge in [0, 0.05) is 32.8 Å². The molecule has 0 spiro atoms. The van der Waals surface area contributed by atoms with E-state index in [4.69, 9.17) is 9.84 Å². The fourth-order valence-corrected chi connectivity index (χ4v) is 1.90. The molecule has 0 radical (unpaired) electrons. The summed E-state index contributed by atoms with van der Waals surface area (Å²) >= 11 is 0. The van der Waals surface area contributed by atoms with E-state index < -0.39 is 5.97 Å². The molecule has 0 aliphatic heterocycles. The minimum atomic E-state index is -0.747. The first-order valence-electron chi connectivity index (χ1n) is 6.78. The zero-order chi connectivity index (χ0) is 13.9. The number of rotatable bonds is 10. The lowest BCUT2D eigenvalue weighted by Gasteiger charge is -2.21. The van der Waals surface area contributed by atoms with Crippen LogP contribution < -0.4 is 0 Å². The lowest BCUT2D eigenvalue weighted by Crippen LogP contribution is -2.28. The van der Waals surface area contributed by atoms with Gasteiger partial charge < -0.3 is 9.84 Å². The van der Waals surface area contributed by atoms with Gasteiger partial charge in [-0.05, 0) is 18.9 Å². The minimum Gasteiger partial charge on any atom is -0.481 e. The van der Waals surface area contributed by atoms with E-state index in [-0.39, 0.29) is 6.42 Å². The number of ether oxygens (including phenoxy) is 1. The van der Waals surface area contributed by atoms with Crippen molar-refractivity contribution in [1.29, 1.82) is 0 Å². The summed E-state index contributed by atoms with van der Waals surface area (Å²) in [6.45, 7) is 5.67. The van der Waals surface area contributed by atoms with Crippen molar-refractivity contribution in [2.24, 2.45) is 0 Å². The molecule has 1 aromatic rings. The molecule has 19 heavy (non-hydrogen) atoms. The quantitative estimate of drug-likeness (QED) is 0.660. The SMILES string of the molecule is CCOCCCN(CCC(=O)O)Cc1ccccc1. The molecule has 0 atom stereocenters. The van der Waals surface area contributed by atoms with Crippen molar-refractivity contribution in [3.8, 4) is 0 Å². The van der Waals surface area contributed by atoms with E-state index in [1.54, 1.807) is 0 Å². The van der Waals surface area contributed by atoms with E-state index in [2.05, 4.69) is 17.0 Å². The molecule has 0 fully saturated rings. The van der Waals surface area contributed by atoms with Crippen molar-refractivity contribution >= 4 is 5.97 Å². The van der Waals surface area contributed by atoms with Gasteiger partial charge in [-0.15, -0.1) is 0 Å². The molecular formula is C15H23NO3. The summed E-state index contributed by atoms with van der Waals surface area (Å²) in [5.74, 6) is -0.747. The van der Waals surface area contributed by atoms with Crippen LogP contribution in [0.25, 0.3) is 0 Å². The molecule has 0 heterocycles. The molecule has 0 aliphatic rings. The predicted octanol–water partition coefficient (Wildman–Crippen LogP) is 2.39. The van der Waals surface area contributed by atoms with E-state index in [1.165, 1.54) is 5.56 Å². The Labute approximate surface area is 115 Å². The van der Waals surface area contributed by atoms with Crippen LogP contribution in [-0.2, 0) is 16.1 Å². The van der Waals surface area contributed by atoms with Crippen molar-refractivity contribution in [3.05, 3.63) is 35.9 Å². The monoisotopic (exact) mass is 265 g/mol. The third-order valence-electron chi connectivity index (χ3n) is 2.86. The van der Waals surface area contributed by atoms with Crippen molar-refractivity contribution < 1.29 is 14.6 Å². The number of hydrogen-bond donors (Lipinski definition) is 1. The minimum absolute atomic E-state index is 0.182. The second-order valence-corrected chi connectivity index (χ2v) is 4.46. The summed E-state index contributed by atoms with van der Waals surface area (Å²) in [5, 5.41) is 8.79. The largest absolute Gasteiger partial charge is 0.481 e. The fraction of sp³-hybridized carbons (Fsp3) is 0.533. The van der Waals surface area contributed by atoms with Crippen LogP contribution in [0.5, 0.6) is 0 Å². The number of benzene rings is 1. The van der Waals surface area contributed by atoms with Crippen molar-refractivity contribution in [2.75, 3.05) is 26.3 Å². The molecule has 4 nitrogen and oxygen atoms in total.